The van der Waals surface area contributed by atoms with Crippen molar-refractivity contribution in [3.8, 4) is 0 Å². The van der Waals surface area contributed by atoms with E-state index in [9.17, 15) is 8.42 Å². The molecule has 0 radical (unpaired) electrons. The van der Waals surface area contributed by atoms with Crippen LogP contribution in [0, 0.1) is 0 Å². The van der Waals surface area contributed by atoms with Crippen LogP contribution in [0.3, 0.4) is 0 Å². The second-order valence-electron chi connectivity index (χ2n) is 4.35. The van der Waals surface area contributed by atoms with Crippen LogP contribution in [0.1, 0.15) is 6.92 Å². The topological polar surface area (TPSA) is 89.4 Å². The lowest BCUT2D eigenvalue weighted by Gasteiger charge is -2.25. The van der Waals surface area contributed by atoms with Gasteiger partial charge in [-0.2, -0.15) is 0 Å². The predicted octanol–water partition coefficient (Wildman–Crippen LogP) is 2.07. The van der Waals surface area contributed by atoms with Gasteiger partial charge in [-0.1, -0.05) is 18.2 Å². The molecule has 0 aliphatic heterocycles. The Morgan fingerprint density at radius 3 is 2.25 bits per heavy atom. The maximum atomic E-state index is 11.3. The van der Waals surface area contributed by atoms with E-state index in [1.54, 1.807) is 6.07 Å². The van der Waals surface area contributed by atoms with Crippen molar-refractivity contribution >= 4 is 27.1 Å². The summed E-state index contributed by atoms with van der Waals surface area (Å²) < 4.78 is 22.6. The van der Waals surface area contributed by atoms with Crippen molar-refractivity contribution < 1.29 is 8.42 Å². The lowest BCUT2D eigenvalue weighted by atomic mass is 10.2. The summed E-state index contributed by atoms with van der Waals surface area (Å²) >= 11 is 0. The highest BCUT2D eigenvalue weighted by Gasteiger charge is 2.14. The summed E-state index contributed by atoms with van der Waals surface area (Å²) in [5, 5.41) is 5.10. The molecule has 0 bridgehead atoms. The Bertz CT molecular complexity index is 700. The van der Waals surface area contributed by atoms with E-state index in [1.807, 2.05) is 42.2 Å². The SMILES string of the molecule is CCN(c1ccccc1)c1ccc(S(N)(=O)=O)cc1N. The normalized spacial score (nSPS) is 11.3. The van der Waals surface area contributed by atoms with Crippen LogP contribution in [0.4, 0.5) is 17.1 Å². The first-order valence-corrected chi connectivity index (χ1v) is 7.73. The van der Waals surface area contributed by atoms with Crippen LogP contribution in [0.15, 0.2) is 53.4 Å². The molecule has 20 heavy (non-hydrogen) atoms. The van der Waals surface area contributed by atoms with Crippen LogP contribution in [-0.4, -0.2) is 15.0 Å². The number of hydrogen-bond donors (Lipinski definition) is 2. The molecule has 0 aliphatic carbocycles. The largest absolute Gasteiger partial charge is 0.397 e. The molecule has 2 aromatic carbocycles. The minimum Gasteiger partial charge on any atom is -0.397 e. The number of sulfonamides is 1. The zero-order valence-electron chi connectivity index (χ0n) is 11.2. The van der Waals surface area contributed by atoms with Gasteiger partial charge in [-0.15, -0.1) is 0 Å². The van der Waals surface area contributed by atoms with Gasteiger partial charge in [0.1, 0.15) is 0 Å². The lowest BCUT2D eigenvalue weighted by Crippen LogP contribution is -2.18. The molecule has 0 unspecified atom stereocenters. The summed E-state index contributed by atoms with van der Waals surface area (Å²) in [5.74, 6) is 0. The number of benzene rings is 2. The molecular weight excluding hydrogens is 274 g/mol. The Morgan fingerprint density at radius 2 is 1.75 bits per heavy atom. The number of nitrogens with two attached hydrogens (primary N) is 2. The van der Waals surface area contributed by atoms with E-state index >= 15 is 0 Å². The van der Waals surface area contributed by atoms with Gasteiger partial charge in [0, 0.05) is 12.2 Å². The molecule has 0 aliphatic rings. The first-order chi connectivity index (χ1) is 9.43. The Morgan fingerprint density at radius 1 is 1.10 bits per heavy atom. The van der Waals surface area contributed by atoms with E-state index in [1.165, 1.54) is 12.1 Å². The van der Waals surface area contributed by atoms with Crippen molar-refractivity contribution in [1.29, 1.82) is 0 Å². The van der Waals surface area contributed by atoms with Crippen LogP contribution in [-0.2, 0) is 10.0 Å². The van der Waals surface area contributed by atoms with Gasteiger partial charge in [0.2, 0.25) is 10.0 Å². The fraction of sp³-hybridized carbons (Fsp3) is 0.143. The molecule has 0 amide bonds. The summed E-state index contributed by atoms with van der Waals surface area (Å²) in [4.78, 5) is 2.02. The number of nitrogens with zero attached hydrogens (tertiary/aromatic N) is 1. The van der Waals surface area contributed by atoms with Gasteiger partial charge in [-0.05, 0) is 37.3 Å². The van der Waals surface area contributed by atoms with E-state index in [2.05, 4.69) is 0 Å². The number of para-hydroxylation sites is 1. The lowest BCUT2D eigenvalue weighted by molar-refractivity contribution is 0.598. The van der Waals surface area contributed by atoms with E-state index in [0.717, 1.165) is 11.4 Å². The van der Waals surface area contributed by atoms with Crippen molar-refractivity contribution in [3.05, 3.63) is 48.5 Å². The molecule has 0 saturated carbocycles. The fourth-order valence-corrected chi connectivity index (χ4v) is 2.60. The van der Waals surface area contributed by atoms with Gasteiger partial charge in [0.25, 0.3) is 0 Å². The fourth-order valence-electron chi connectivity index (χ4n) is 2.06. The molecule has 106 valence electrons. The van der Waals surface area contributed by atoms with Crippen molar-refractivity contribution in [1.82, 2.24) is 0 Å². The summed E-state index contributed by atoms with van der Waals surface area (Å²) in [5.41, 5.74) is 8.09. The first kappa shape index (κ1) is 14.4. The number of anilines is 3. The Hall–Kier alpha value is -2.05. The van der Waals surface area contributed by atoms with E-state index in [-0.39, 0.29) is 4.90 Å². The Labute approximate surface area is 118 Å². The molecular formula is C14H17N3O2S. The summed E-state index contributed by atoms with van der Waals surface area (Å²) in [6.07, 6.45) is 0. The predicted molar refractivity (Wildman–Crippen MR) is 81.3 cm³/mol. The van der Waals surface area contributed by atoms with Gasteiger partial charge in [0.05, 0.1) is 16.3 Å². The third-order valence-corrected chi connectivity index (χ3v) is 3.91. The van der Waals surface area contributed by atoms with E-state index in [0.29, 0.717) is 12.2 Å². The number of primary sulfonamides is 1. The van der Waals surface area contributed by atoms with Crippen molar-refractivity contribution in [3.63, 3.8) is 0 Å². The van der Waals surface area contributed by atoms with Gasteiger partial charge >= 0.3 is 0 Å². The zero-order valence-corrected chi connectivity index (χ0v) is 12.0. The molecule has 0 atom stereocenters. The molecule has 0 saturated heterocycles. The van der Waals surface area contributed by atoms with Crippen molar-refractivity contribution in [2.45, 2.75) is 11.8 Å². The van der Waals surface area contributed by atoms with Gasteiger partial charge in [0.15, 0.2) is 0 Å². The molecule has 4 N–H and O–H groups in total. The zero-order chi connectivity index (χ0) is 14.8. The highest BCUT2D eigenvalue weighted by molar-refractivity contribution is 7.89. The third-order valence-electron chi connectivity index (χ3n) is 3.00. The maximum absolute atomic E-state index is 11.3. The van der Waals surface area contributed by atoms with Crippen LogP contribution >= 0.6 is 0 Å². The van der Waals surface area contributed by atoms with Crippen LogP contribution in [0.2, 0.25) is 0 Å². The monoisotopic (exact) mass is 291 g/mol. The van der Waals surface area contributed by atoms with Crippen molar-refractivity contribution in [2.24, 2.45) is 5.14 Å². The number of nitrogen functional groups attached to an aromatic ring is 1. The first-order valence-electron chi connectivity index (χ1n) is 6.18. The highest BCUT2D eigenvalue weighted by Crippen LogP contribution is 2.31. The quantitative estimate of drug-likeness (QED) is 0.844. The van der Waals surface area contributed by atoms with Gasteiger partial charge < -0.3 is 10.6 Å². The third kappa shape index (κ3) is 2.92. The van der Waals surface area contributed by atoms with Gasteiger partial charge in [-0.25, -0.2) is 13.6 Å². The minimum absolute atomic E-state index is 0.0165. The van der Waals surface area contributed by atoms with Crippen LogP contribution in [0.5, 0.6) is 0 Å². The highest BCUT2D eigenvalue weighted by atomic mass is 32.2. The second kappa shape index (κ2) is 5.52. The number of rotatable bonds is 4. The molecule has 0 aromatic heterocycles. The molecule has 2 rings (SSSR count). The second-order valence-corrected chi connectivity index (χ2v) is 5.91. The maximum Gasteiger partial charge on any atom is 0.238 e. The van der Waals surface area contributed by atoms with Crippen LogP contribution < -0.4 is 15.8 Å². The van der Waals surface area contributed by atoms with Crippen molar-refractivity contribution in [2.75, 3.05) is 17.2 Å². The summed E-state index contributed by atoms with van der Waals surface area (Å²) in [7, 11) is -3.74. The molecule has 0 fully saturated rings. The molecule has 0 spiro atoms. The molecule has 0 heterocycles. The number of hydrogen-bond acceptors (Lipinski definition) is 4. The molecule has 6 heteroatoms. The van der Waals surface area contributed by atoms with E-state index < -0.39 is 10.0 Å². The smallest absolute Gasteiger partial charge is 0.238 e. The van der Waals surface area contributed by atoms with E-state index in [4.69, 9.17) is 10.9 Å². The summed E-state index contributed by atoms with van der Waals surface area (Å²) in [6.45, 7) is 2.71. The Balaban J connectivity index is 2.47. The average molecular weight is 291 g/mol. The minimum atomic E-state index is -3.74. The standard InChI is InChI=1S/C14H17N3O2S/c1-2-17(11-6-4-3-5-7-11)14-9-8-12(10-13(14)15)20(16,18)19/h3-10H,2,15H2,1H3,(H2,16,18,19). The van der Waals surface area contributed by atoms with Gasteiger partial charge in [-0.3, -0.25) is 0 Å². The molecule has 2 aromatic rings. The Kier molecular flexibility index (Phi) is 3.96. The summed E-state index contributed by atoms with van der Waals surface area (Å²) in [6, 6.07) is 14.3. The van der Waals surface area contributed by atoms with Crippen LogP contribution in [0.25, 0.3) is 0 Å². The average Bonchev–Trinajstić information content (AvgIpc) is 2.41. The molecule has 5 nitrogen and oxygen atoms in total.